The summed E-state index contributed by atoms with van der Waals surface area (Å²) in [7, 11) is 0. The minimum absolute atomic E-state index is 0.755. The van der Waals surface area contributed by atoms with Crippen molar-refractivity contribution in [1.29, 1.82) is 5.26 Å². The molecule has 0 unspecified atom stereocenters. The maximum absolute atomic E-state index is 8.77. The average molecular weight is 190 g/mol. The van der Waals surface area contributed by atoms with Gasteiger partial charge in [0.05, 0.1) is 6.07 Å². The topological polar surface area (TPSA) is 36.7 Å². The molecule has 0 saturated carbocycles. The van der Waals surface area contributed by atoms with E-state index in [2.05, 4.69) is 11.1 Å². The van der Waals surface area contributed by atoms with Gasteiger partial charge < -0.3 is 0 Å². The summed E-state index contributed by atoms with van der Waals surface area (Å²) in [4.78, 5) is 3.97. The van der Waals surface area contributed by atoms with E-state index in [0.717, 1.165) is 16.9 Å². The van der Waals surface area contributed by atoms with Gasteiger partial charge in [-0.1, -0.05) is 6.07 Å². The van der Waals surface area contributed by atoms with E-state index in [-0.39, 0.29) is 0 Å². The van der Waals surface area contributed by atoms with Crippen molar-refractivity contribution in [2.75, 3.05) is 12.0 Å². The van der Waals surface area contributed by atoms with E-state index in [1.54, 1.807) is 24.2 Å². The smallest absolute Gasteiger partial charge is 0.0956 e. The van der Waals surface area contributed by atoms with Crippen LogP contribution in [0.4, 0.5) is 0 Å². The molecule has 0 fully saturated rings. The average Bonchev–Trinajstić information content (AvgIpc) is 2.19. The minimum Gasteiger partial charge on any atom is -0.264 e. The summed E-state index contributed by atoms with van der Waals surface area (Å²) in [5, 5.41) is 8.77. The second-order valence-electron chi connectivity index (χ2n) is 2.50. The molecular formula is C10H10N2S. The van der Waals surface area contributed by atoms with Crippen molar-refractivity contribution in [3.05, 3.63) is 35.7 Å². The van der Waals surface area contributed by atoms with Gasteiger partial charge in [0, 0.05) is 23.7 Å². The standard InChI is InChI=1S/C10H10N2S/c1-13-8-10(6-11)5-9-3-2-4-12-7-9/h2-5,7H,8H2,1H3/b10-5-. The summed E-state index contributed by atoms with van der Waals surface area (Å²) in [5.41, 5.74) is 1.76. The van der Waals surface area contributed by atoms with Gasteiger partial charge in [-0.2, -0.15) is 17.0 Å². The Morgan fingerprint density at radius 2 is 2.62 bits per heavy atom. The summed E-state index contributed by atoms with van der Waals surface area (Å²) in [6.45, 7) is 0. The number of nitriles is 1. The number of hydrogen-bond donors (Lipinski definition) is 0. The van der Waals surface area contributed by atoms with Crippen LogP contribution in [0.5, 0.6) is 0 Å². The third-order valence-electron chi connectivity index (χ3n) is 1.47. The molecule has 1 heterocycles. The van der Waals surface area contributed by atoms with Gasteiger partial charge in [0.25, 0.3) is 0 Å². The third-order valence-corrected chi connectivity index (χ3v) is 2.07. The Labute approximate surface area is 82.3 Å². The van der Waals surface area contributed by atoms with Crippen molar-refractivity contribution < 1.29 is 0 Å². The lowest BCUT2D eigenvalue weighted by Crippen LogP contribution is -1.83. The van der Waals surface area contributed by atoms with Crippen LogP contribution in [0.3, 0.4) is 0 Å². The van der Waals surface area contributed by atoms with E-state index in [1.807, 2.05) is 24.5 Å². The van der Waals surface area contributed by atoms with E-state index in [4.69, 9.17) is 5.26 Å². The molecule has 0 radical (unpaired) electrons. The van der Waals surface area contributed by atoms with Crippen LogP contribution in [-0.2, 0) is 0 Å². The van der Waals surface area contributed by atoms with Crippen LogP contribution in [0.15, 0.2) is 30.1 Å². The van der Waals surface area contributed by atoms with Crippen LogP contribution in [0, 0.1) is 11.3 Å². The largest absolute Gasteiger partial charge is 0.264 e. The fourth-order valence-electron chi connectivity index (χ4n) is 0.924. The van der Waals surface area contributed by atoms with Crippen LogP contribution in [0.2, 0.25) is 0 Å². The zero-order valence-electron chi connectivity index (χ0n) is 7.40. The molecule has 0 saturated heterocycles. The van der Waals surface area contributed by atoms with Crippen molar-refractivity contribution in [1.82, 2.24) is 4.98 Å². The predicted molar refractivity (Wildman–Crippen MR) is 56.2 cm³/mol. The molecule has 0 aliphatic heterocycles. The van der Waals surface area contributed by atoms with Crippen LogP contribution in [-0.4, -0.2) is 17.0 Å². The fraction of sp³-hybridized carbons (Fsp3) is 0.200. The highest BCUT2D eigenvalue weighted by Crippen LogP contribution is 2.08. The van der Waals surface area contributed by atoms with Gasteiger partial charge in [-0.15, -0.1) is 0 Å². The lowest BCUT2D eigenvalue weighted by Gasteiger charge is -1.94. The summed E-state index contributed by atoms with van der Waals surface area (Å²) < 4.78 is 0. The van der Waals surface area contributed by atoms with Gasteiger partial charge in [-0.25, -0.2) is 0 Å². The maximum Gasteiger partial charge on any atom is 0.0956 e. The summed E-state index contributed by atoms with van der Waals surface area (Å²) in [6, 6.07) is 5.96. The molecule has 1 aromatic heterocycles. The lowest BCUT2D eigenvalue weighted by molar-refractivity contribution is 1.31. The Morgan fingerprint density at radius 1 is 1.77 bits per heavy atom. The first-order chi connectivity index (χ1) is 6.36. The first-order valence-corrected chi connectivity index (χ1v) is 5.26. The Balaban J connectivity index is 2.81. The number of aromatic nitrogens is 1. The molecule has 0 spiro atoms. The maximum atomic E-state index is 8.77. The zero-order valence-corrected chi connectivity index (χ0v) is 8.21. The number of pyridine rings is 1. The number of thioether (sulfide) groups is 1. The van der Waals surface area contributed by atoms with Crippen molar-refractivity contribution in [3.8, 4) is 6.07 Å². The number of hydrogen-bond acceptors (Lipinski definition) is 3. The molecule has 0 bridgehead atoms. The highest BCUT2D eigenvalue weighted by atomic mass is 32.2. The minimum atomic E-state index is 0.755. The molecule has 2 nitrogen and oxygen atoms in total. The van der Waals surface area contributed by atoms with Crippen LogP contribution >= 0.6 is 11.8 Å². The van der Waals surface area contributed by atoms with Crippen LogP contribution in [0.25, 0.3) is 6.08 Å². The monoisotopic (exact) mass is 190 g/mol. The van der Waals surface area contributed by atoms with Gasteiger partial charge in [0.15, 0.2) is 0 Å². The second kappa shape index (κ2) is 5.39. The van der Waals surface area contributed by atoms with E-state index < -0.39 is 0 Å². The Hall–Kier alpha value is -1.27. The fourth-order valence-corrected chi connectivity index (χ4v) is 1.38. The third kappa shape index (κ3) is 3.30. The van der Waals surface area contributed by atoms with Gasteiger partial charge >= 0.3 is 0 Å². The quantitative estimate of drug-likeness (QED) is 0.686. The van der Waals surface area contributed by atoms with Gasteiger partial charge in [0.2, 0.25) is 0 Å². The molecule has 13 heavy (non-hydrogen) atoms. The molecule has 3 heteroatoms. The normalized spacial score (nSPS) is 10.9. The SMILES string of the molecule is CSC/C(C#N)=C\c1cccnc1. The molecule has 1 rings (SSSR count). The van der Waals surface area contributed by atoms with Crippen LogP contribution < -0.4 is 0 Å². The van der Waals surface area contributed by atoms with Crippen molar-refractivity contribution >= 4 is 17.8 Å². The van der Waals surface area contributed by atoms with Crippen molar-refractivity contribution in [3.63, 3.8) is 0 Å². The van der Waals surface area contributed by atoms with Crippen LogP contribution in [0.1, 0.15) is 5.56 Å². The number of rotatable bonds is 3. The zero-order chi connectivity index (χ0) is 9.52. The summed E-state index contributed by atoms with van der Waals surface area (Å²) in [5.74, 6) is 0.755. The van der Waals surface area contributed by atoms with E-state index in [9.17, 15) is 0 Å². The first kappa shape index (κ1) is 9.82. The molecule has 0 N–H and O–H groups in total. The molecule has 0 atom stereocenters. The molecule has 1 aromatic rings. The molecule has 66 valence electrons. The summed E-state index contributed by atoms with van der Waals surface area (Å²) in [6.07, 6.45) is 7.31. The Morgan fingerprint density at radius 3 is 3.15 bits per heavy atom. The summed E-state index contributed by atoms with van der Waals surface area (Å²) >= 11 is 1.64. The van der Waals surface area contributed by atoms with Gasteiger partial charge in [-0.05, 0) is 24.0 Å². The van der Waals surface area contributed by atoms with Gasteiger partial charge in [-0.3, -0.25) is 4.98 Å². The molecule has 0 aliphatic rings. The number of nitrogens with zero attached hydrogens (tertiary/aromatic N) is 2. The molecule has 0 amide bonds. The Kier molecular flexibility index (Phi) is 4.07. The van der Waals surface area contributed by atoms with E-state index >= 15 is 0 Å². The van der Waals surface area contributed by atoms with E-state index in [1.165, 1.54) is 0 Å². The molecule has 0 aliphatic carbocycles. The predicted octanol–water partition coefficient (Wildman–Crippen LogP) is 2.35. The van der Waals surface area contributed by atoms with E-state index in [0.29, 0.717) is 0 Å². The van der Waals surface area contributed by atoms with Crippen molar-refractivity contribution in [2.24, 2.45) is 0 Å². The lowest BCUT2D eigenvalue weighted by atomic mass is 10.2. The Bertz CT molecular complexity index is 325. The highest BCUT2D eigenvalue weighted by Gasteiger charge is 1.94. The molecule has 0 aromatic carbocycles. The molecular weight excluding hydrogens is 180 g/mol. The van der Waals surface area contributed by atoms with Gasteiger partial charge in [0.1, 0.15) is 0 Å². The van der Waals surface area contributed by atoms with Crippen molar-refractivity contribution in [2.45, 2.75) is 0 Å². The first-order valence-electron chi connectivity index (χ1n) is 3.86. The second-order valence-corrected chi connectivity index (χ2v) is 3.37. The highest BCUT2D eigenvalue weighted by molar-refractivity contribution is 7.98.